The summed E-state index contributed by atoms with van der Waals surface area (Å²) >= 11 is 1.62. The summed E-state index contributed by atoms with van der Waals surface area (Å²) < 4.78 is 2.06. The number of rotatable bonds is 4. The molecule has 2 aromatic heterocycles. The molecule has 0 N–H and O–H groups in total. The lowest BCUT2D eigenvalue weighted by Crippen LogP contribution is -2.44. The molecule has 1 fully saturated rings. The summed E-state index contributed by atoms with van der Waals surface area (Å²) in [7, 11) is 2.17. The van der Waals surface area contributed by atoms with E-state index < -0.39 is 0 Å². The van der Waals surface area contributed by atoms with Gasteiger partial charge in [-0.1, -0.05) is 0 Å². The van der Waals surface area contributed by atoms with Crippen LogP contribution in [0.3, 0.4) is 0 Å². The zero-order valence-electron chi connectivity index (χ0n) is 16.4. The third-order valence-electron chi connectivity index (χ3n) is 5.65. The average Bonchev–Trinajstić information content (AvgIpc) is 3.41. The summed E-state index contributed by atoms with van der Waals surface area (Å²) in [5.41, 5.74) is 3.22. The predicted octanol–water partition coefficient (Wildman–Crippen LogP) is 1.79. The number of likely N-dealkylation sites (N-methyl/N-ethyl adjacent to an activating group) is 1. The molecule has 3 aromatic rings. The fourth-order valence-electron chi connectivity index (χ4n) is 3.84. The number of carbonyl (C=O) groups is 1. The summed E-state index contributed by atoms with van der Waals surface area (Å²) in [5, 5.41) is 11.6. The van der Waals surface area contributed by atoms with Crippen molar-refractivity contribution in [2.24, 2.45) is 0 Å². The third-order valence-corrected chi connectivity index (χ3v) is 6.54. The molecule has 0 unspecified atom stereocenters. The number of fused-ring (bicyclic) bond motifs is 1. The van der Waals surface area contributed by atoms with Crippen LogP contribution in [0.1, 0.15) is 5.82 Å². The van der Waals surface area contributed by atoms with E-state index in [9.17, 15) is 4.79 Å². The SMILES string of the molecule is CN1CCN(c2ccc(-c3nc(-c4nnc5n4CCN(C=O)C5)cs3)cc2)CC1. The molecule has 1 saturated heterocycles. The van der Waals surface area contributed by atoms with Gasteiger partial charge in [0.15, 0.2) is 11.6 Å². The Hall–Kier alpha value is -2.78. The molecule has 4 heterocycles. The smallest absolute Gasteiger partial charge is 0.210 e. The Labute approximate surface area is 173 Å². The topological polar surface area (TPSA) is 70.4 Å². The van der Waals surface area contributed by atoms with Gasteiger partial charge >= 0.3 is 0 Å². The minimum Gasteiger partial charge on any atom is -0.369 e. The lowest BCUT2D eigenvalue weighted by molar-refractivity contribution is -0.119. The predicted molar refractivity (Wildman–Crippen MR) is 113 cm³/mol. The number of benzene rings is 1. The number of hydrogen-bond donors (Lipinski definition) is 0. The van der Waals surface area contributed by atoms with Crippen molar-refractivity contribution < 1.29 is 4.79 Å². The van der Waals surface area contributed by atoms with Gasteiger partial charge in [0.05, 0.1) is 6.54 Å². The van der Waals surface area contributed by atoms with Crippen LogP contribution in [0.5, 0.6) is 0 Å². The molecule has 0 atom stereocenters. The van der Waals surface area contributed by atoms with E-state index in [1.165, 1.54) is 5.69 Å². The van der Waals surface area contributed by atoms with Crippen LogP contribution in [-0.2, 0) is 17.9 Å². The third kappa shape index (κ3) is 3.51. The normalized spacial score (nSPS) is 17.4. The summed E-state index contributed by atoms with van der Waals surface area (Å²) in [6.45, 7) is 6.21. The molecule has 9 heteroatoms. The molecule has 150 valence electrons. The van der Waals surface area contributed by atoms with Crippen molar-refractivity contribution in [2.75, 3.05) is 44.7 Å². The lowest BCUT2D eigenvalue weighted by atomic mass is 10.2. The van der Waals surface area contributed by atoms with Gasteiger partial charge in [-0.3, -0.25) is 4.79 Å². The van der Waals surface area contributed by atoms with E-state index in [-0.39, 0.29) is 0 Å². The molecule has 0 bridgehead atoms. The maximum absolute atomic E-state index is 11.0. The van der Waals surface area contributed by atoms with Gasteiger partial charge in [-0.05, 0) is 31.3 Å². The van der Waals surface area contributed by atoms with Crippen molar-refractivity contribution in [3.63, 3.8) is 0 Å². The van der Waals surface area contributed by atoms with Crippen molar-refractivity contribution >= 4 is 23.4 Å². The number of hydrogen-bond acceptors (Lipinski definition) is 7. The van der Waals surface area contributed by atoms with Crippen LogP contribution in [0.2, 0.25) is 0 Å². The molecule has 8 nitrogen and oxygen atoms in total. The first-order chi connectivity index (χ1) is 14.2. The van der Waals surface area contributed by atoms with E-state index in [0.29, 0.717) is 19.6 Å². The van der Waals surface area contributed by atoms with Crippen LogP contribution in [0.25, 0.3) is 22.1 Å². The van der Waals surface area contributed by atoms with Crippen molar-refractivity contribution in [3.05, 3.63) is 35.5 Å². The zero-order chi connectivity index (χ0) is 19.8. The molecule has 1 amide bonds. The Kier molecular flexibility index (Phi) is 4.76. The highest BCUT2D eigenvalue weighted by atomic mass is 32.1. The maximum atomic E-state index is 11.0. The highest BCUT2D eigenvalue weighted by Gasteiger charge is 2.22. The lowest BCUT2D eigenvalue weighted by Gasteiger charge is -2.34. The van der Waals surface area contributed by atoms with Crippen molar-refractivity contribution in [1.29, 1.82) is 0 Å². The molecule has 2 aliphatic heterocycles. The van der Waals surface area contributed by atoms with Crippen molar-refractivity contribution in [1.82, 2.24) is 29.5 Å². The second kappa shape index (κ2) is 7.57. The number of piperazine rings is 1. The number of thiazole rings is 1. The van der Waals surface area contributed by atoms with Crippen molar-refractivity contribution in [2.45, 2.75) is 13.1 Å². The molecule has 0 radical (unpaired) electrons. The number of nitrogens with zero attached hydrogens (tertiary/aromatic N) is 7. The second-order valence-electron chi connectivity index (χ2n) is 7.54. The summed E-state index contributed by atoms with van der Waals surface area (Å²) in [6.07, 6.45) is 0.866. The number of aromatic nitrogens is 4. The van der Waals surface area contributed by atoms with E-state index in [2.05, 4.69) is 55.9 Å². The van der Waals surface area contributed by atoms with Gasteiger partial charge in [0.1, 0.15) is 10.7 Å². The van der Waals surface area contributed by atoms with Crippen LogP contribution < -0.4 is 4.90 Å². The van der Waals surface area contributed by atoms with Crippen LogP contribution >= 0.6 is 11.3 Å². The molecule has 5 rings (SSSR count). The Morgan fingerprint density at radius 3 is 2.55 bits per heavy atom. The first-order valence-corrected chi connectivity index (χ1v) is 10.7. The monoisotopic (exact) mass is 409 g/mol. The molecule has 0 spiro atoms. The van der Waals surface area contributed by atoms with Gasteiger partial charge in [0, 0.05) is 55.9 Å². The van der Waals surface area contributed by atoms with E-state index in [0.717, 1.165) is 60.5 Å². The Morgan fingerprint density at radius 1 is 1.00 bits per heavy atom. The Balaban J connectivity index is 1.34. The summed E-state index contributed by atoms with van der Waals surface area (Å²) in [6, 6.07) is 8.68. The first-order valence-electron chi connectivity index (χ1n) is 9.82. The van der Waals surface area contributed by atoms with E-state index >= 15 is 0 Å². The quantitative estimate of drug-likeness (QED) is 0.612. The van der Waals surface area contributed by atoms with Crippen LogP contribution in [0.15, 0.2) is 29.6 Å². The second-order valence-corrected chi connectivity index (χ2v) is 8.40. The average molecular weight is 410 g/mol. The molecular weight excluding hydrogens is 386 g/mol. The zero-order valence-corrected chi connectivity index (χ0v) is 17.2. The highest BCUT2D eigenvalue weighted by Crippen LogP contribution is 2.30. The standard InChI is InChI=1S/C20H23N7OS/c1-24-6-9-26(10-7-24)16-4-2-15(3-5-16)20-21-17(13-29-20)19-23-22-18-12-25(14-28)8-11-27(18)19/h2-5,13-14H,6-12H2,1H3. The molecule has 2 aliphatic rings. The Bertz CT molecular complexity index is 1000. The van der Waals surface area contributed by atoms with Gasteiger partial charge < -0.3 is 19.3 Å². The van der Waals surface area contributed by atoms with Gasteiger partial charge in [-0.15, -0.1) is 21.5 Å². The fourth-order valence-corrected chi connectivity index (χ4v) is 4.65. The number of amides is 1. The molecule has 0 saturated carbocycles. The summed E-state index contributed by atoms with van der Waals surface area (Å²) in [4.78, 5) is 22.3. The van der Waals surface area contributed by atoms with Crippen LogP contribution in [0, 0.1) is 0 Å². The minimum atomic E-state index is 0.501. The van der Waals surface area contributed by atoms with Gasteiger partial charge in [-0.2, -0.15) is 0 Å². The molecule has 0 aliphatic carbocycles. The van der Waals surface area contributed by atoms with E-state index in [1.54, 1.807) is 16.2 Å². The molecule has 29 heavy (non-hydrogen) atoms. The number of carbonyl (C=O) groups excluding carboxylic acids is 1. The van der Waals surface area contributed by atoms with E-state index in [1.807, 2.05) is 5.38 Å². The van der Waals surface area contributed by atoms with Gasteiger partial charge in [0.2, 0.25) is 6.41 Å². The molecule has 1 aromatic carbocycles. The minimum absolute atomic E-state index is 0.501. The first kappa shape index (κ1) is 18.3. The maximum Gasteiger partial charge on any atom is 0.210 e. The van der Waals surface area contributed by atoms with Crippen LogP contribution in [-0.4, -0.2) is 75.7 Å². The molecular formula is C20H23N7OS. The highest BCUT2D eigenvalue weighted by molar-refractivity contribution is 7.13. The largest absolute Gasteiger partial charge is 0.369 e. The fraction of sp³-hybridized carbons (Fsp3) is 0.400. The van der Waals surface area contributed by atoms with Gasteiger partial charge in [0.25, 0.3) is 0 Å². The number of anilines is 1. The van der Waals surface area contributed by atoms with Crippen molar-refractivity contribution in [3.8, 4) is 22.1 Å². The van der Waals surface area contributed by atoms with Gasteiger partial charge in [-0.25, -0.2) is 4.98 Å². The van der Waals surface area contributed by atoms with E-state index in [4.69, 9.17) is 4.98 Å². The summed E-state index contributed by atoms with van der Waals surface area (Å²) in [5.74, 6) is 1.59. The van der Waals surface area contributed by atoms with Crippen LogP contribution in [0.4, 0.5) is 5.69 Å². The Morgan fingerprint density at radius 2 is 1.79 bits per heavy atom.